The SMILES string of the molecule is N=C(N)N(O)C(=O)CCC(=O)Nc1nc(NC(=O)CCC(=O)N(O)C(=N)N)c2cc(NCC3CCCC3)ccc2n1. The minimum Gasteiger partial charge on any atom is -0.385 e. The molecule has 0 atom stereocenters. The number of amides is 4. The van der Waals surface area contributed by atoms with E-state index in [1.54, 1.807) is 18.2 Å². The lowest BCUT2D eigenvalue weighted by molar-refractivity contribution is -0.150. The van der Waals surface area contributed by atoms with Gasteiger partial charge in [0.2, 0.25) is 29.7 Å². The van der Waals surface area contributed by atoms with Crippen molar-refractivity contribution in [1.82, 2.24) is 20.1 Å². The van der Waals surface area contributed by atoms with Gasteiger partial charge in [-0.3, -0.25) is 45.7 Å². The smallest absolute Gasteiger partial charge is 0.253 e. The van der Waals surface area contributed by atoms with Crippen molar-refractivity contribution in [3.05, 3.63) is 18.2 Å². The van der Waals surface area contributed by atoms with Crippen molar-refractivity contribution in [2.75, 3.05) is 22.5 Å². The fourth-order valence-corrected chi connectivity index (χ4v) is 4.17. The predicted octanol–water partition coefficient (Wildman–Crippen LogP) is 0.892. The van der Waals surface area contributed by atoms with E-state index in [0.29, 0.717) is 16.8 Å². The van der Waals surface area contributed by atoms with Crippen molar-refractivity contribution in [2.45, 2.75) is 51.4 Å². The number of aromatic nitrogens is 2. The van der Waals surface area contributed by atoms with Gasteiger partial charge >= 0.3 is 0 Å². The highest BCUT2D eigenvalue weighted by molar-refractivity contribution is 6.03. The van der Waals surface area contributed by atoms with Crippen LogP contribution < -0.4 is 27.4 Å². The maximum Gasteiger partial charge on any atom is 0.253 e. The summed E-state index contributed by atoms with van der Waals surface area (Å²) in [6, 6.07) is 5.23. The molecule has 11 N–H and O–H groups in total. The van der Waals surface area contributed by atoms with Crippen molar-refractivity contribution >= 4 is 63.9 Å². The Kier molecular flexibility index (Phi) is 10.4. The van der Waals surface area contributed by atoms with E-state index in [9.17, 15) is 29.6 Å². The van der Waals surface area contributed by atoms with Gasteiger partial charge in [-0.2, -0.15) is 15.1 Å². The summed E-state index contributed by atoms with van der Waals surface area (Å²) >= 11 is 0. The number of benzene rings is 1. The standard InChI is InChI=1S/C24H33N11O6/c25-22(26)34(40)19(38)9-7-17(36)31-21-15-11-14(29-12-13-3-1-2-4-13)5-6-16(15)30-24(33-21)32-18(37)8-10-20(39)35(41)23(27)28/h5-6,11,13,29,40-41H,1-4,7-10,12H2,(H3,25,26)(H3,27,28)(H2,30,31,32,33,36,37). The number of anilines is 3. The number of carbonyl (C=O) groups is 4. The fourth-order valence-electron chi connectivity index (χ4n) is 4.17. The Labute approximate surface area is 234 Å². The van der Waals surface area contributed by atoms with Gasteiger partial charge in [0.05, 0.1) is 5.52 Å². The molecular formula is C24H33N11O6. The van der Waals surface area contributed by atoms with Crippen LogP contribution in [-0.4, -0.2) is 72.6 Å². The third-order valence-electron chi connectivity index (χ3n) is 6.34. The fraction of sp³-hybridized carbons (Fsp3) is 0.417. The van der Waals surface area contributed by atoms with Crippen LogP contribution in [0.2, 0.25) is 0 Å². The molecule has 1 aliphatic rings. The highest BCUT2D eigenvalue weighted by Gasteiger charge is 2.20. The van der Waals surface area contributed by atoms with Crippen LogP contribution in [0.25, 0.3) is 10.9 Å². The lowest BCUT2D eigenvalue weighted by Crippen LogP contribution is -2.38. The third-order valence-corrected chi connectivity index (χ3v) is 6.34. The van der Waals surface area contributed by atoms with Gasteiger partial charge in [-0.05, 0) is 37.0 Å². The molecule has 3 rings (SSSR count). The lowest BCUT2D eigenvalue weighted by atomic mass is 10.1. The monoisotopic (exact) mass is 571 g/mol. The van der Waals surface area contributed by atoms with Gasteiger partial charge in [-0.15, -0.1) is 0 Å². The number of hydrogen-bond acceptors (Lipinski definition) is 11. The summed E-state index contributed by atoms with van der Waals surface area (Å²) in [7, 11) is 0. The Morgan fingerprint density at radius 2 is 1.44 bits per heavy atom. The molecule has 0 spiro atoms. The molecule has 17 nitrogen and oxygen atoms in total. The quantitative estimate of drug-likeness (QED) is 0.0790. The zero-order valence-electron chi connectivity index (χ0n) is 22.1. The molecule has 17 heteroatoms. The summed E-state index contributed by atoms with van der Waals surface area (Å²) < 4.78 is 0. The van der Waals surface area contributed by atoms with Crippen LogP contribution in [0, 0.1) is 16.7 Å². The number of nitrogens with one attached hydrogen (secondary N) is 5. The van der Waals surface area contributed by atoms with E-state index in [1.165, 1.54) is 12.8 Å². The second kappa shape index (κ2) is 13.9. The van der Waals surface area contributed by atoms with Crippen LogP contribution in [0.3, 0.4) is 0 Å². The minimum absolute atomic E-state index is 0.0360. The highest BCUT2D eigenvalue weighted by Crippen LogP contribution is 2.28. The molecule has 2 aromatic rings. The predicted molar refractivity (Wildman–Crippen MR) is 147 cm³/mol. The Bertz CT molecular complexity index is 1340. The normalized spacial score (nSPS) is 12.9. The molecule has 0 aliphatic heterocycles. The first-order valence-corrected chi connectivity index (χ1v) is 12.8. The van der Waals surface area contributed by atoms with E-state index >= 15 is 0 Å². The summed E-state index contributed by atoms with van der Waals surface area (Å²) in [6.07, 6.45) is 3.06. The average molecular weight is 572 g/mol. The first-order chi connectivity index (χ1) is 19.4. The van der Waals surface area contributed by atoms with E-state index < -0.39 is 48.4 Å². The van der Waals surface area contributed by atoms with E-state index in [0.717, 1.165) is 25.1 Å². The number of hydroxylamine groups is 4. The first kappa shape index (κ1) is 30.6. The molecular weight excluding hydrogens is 538 g/mol. The first-order valence-electron chi connectivity index (χ1n) is 12.8. The second-order valence-corrected chi connectivity index (χ2v) is 9.44. The van der Waals surface area contributed by atoms with Crippen molar-refractivity contribution in [3.63, 3.8) is 0 Å². The van der Waals surface area contributed by atoms with Crippen molar-refractivity contribution in [2.24, 2.45) is 17.4 Å². The molecule has 4 amide bonds. The molecule has 1 heterocycles. The number of carbonyl (C=O) groups excluding carboxylic acids is 4. The summed E-state index contributed by atoms with van der Waals surface area (Å²) in [5, 5.41) is 41.7. The van der Waals surface area contributed by atoms with Crippen LogP contribution in [0.5, 0.6) is 0 Å². The lowest BCUT2D eigenvalue weighted by Gasteiger charge is -2.15. The van der Waals surface area contributed by atoms with Gasteiger partial charge in [0.15, 0.2) is 0 Å². The highest BCUT2D eigenvalue weighted by atomic mass is 16.5. The molecule has 0 bridgehead atoms. The molecule has 1 fully saturated rings. The largest absolute Gasteiger partial charge is 0.385 e. The topological polar surface area (TPSA) is 277 Å². The van der Waals surface area contributed by atoms with Gasteiger partial charge in [0.25, 0.3) is 11.8 Å². The maximum atomic E-state index is 12.7. The van der Waals surface area contributed by atoms with Gasteiger partial charge in [0, 0.05) is 43.3 Å². The van der Waals surface area contributed by atoms with E-state index in [2.05, 4.69) is 25.9 Å². The van der Waals surface area contributed by atoms with Gasteiger partial charge in [0.1, 0.15) is 5.82 Å². The number of nitrogens with zero attached hydrogens (tertiary/aromatic N) is 4. The molecule has 0 radical (unpaired) electrons. The van der Waals surface area contributed by atoms with E-state index in [4.69, 9.17) is 22.3 Å². The van der Waals surface area contributed by atoms with Crippen molar-refractivity contribution < 1.29 is 29.6 Å². The zero-order chi connectivity index (χ0) is 30.1. The number of rotatable bonds is 11. The van der Waals surface area contributed by atoms with Crippen LogP contribution in [0.1, 0.15) is 51.4 Å². The minimum atomic E-state index is -0.960. The third kappa shape index (κ3) is 8.80. The van der Waals surface area contributed by atoms with E-state index in [-0.39, 0.29) is 34.7 Å². The molecule has 1 aromatic carbocycles. The van der Waals surface area contributed by atoms with Crippen molar-refractivity contribution in [1.29, 1.82) is 10.8 Å². The van der Waals surface area contributed by atoms with Gasteiger partial charge in [-0.25, -0.2) is 4.98 Å². The summed E-state index contributed by atoms with van der Waals surface area (Å²) in [6.45, 7) is 0.783. The second-order valence-electron chi connectivity index (χ2n) is 9.44. The average Bonchev–Trinajstić information content (AvgIpc) is 3.46. The summed E-state index contributed by atoms with van der Waals surface area (Å²) in [5.41, 5.74) is 11.2. The Morgan fingerprint density at radius 1 is 0.878 bits per heavy atom. The van der Waals surface area contributed by atoms with Crippen LogP contribution in [0.4, 0.5) is 17.5 Å². The van der Waals surface area contributed by atoms with Crippen LogP contribution in [0.15, 0.2) is 18.2 Å². The molecule has 41 heavy (non-hydrogen) atoms. The van der Waals surface area contributed by atoms with E-state index in [1.807, 2.05) is 0 Å². The Hall–Kier alpha value is -4.90. The number of guanidine groups is 2. The molecule has 0 unspecified atom stereocenters. The zero-order valence-corrected chi connectivity index (χ0v) is 22.1. The molecule has 1 saturated carbocycles. The summed E-state index contributed by atoms with van der Waals surface area (Å²) in [4.78, 5) is 57.3. The number of hydrogen-bond donors (Lipinski definition) is 9. The number of nitrogens with two attached hydrogens (primary N) is 2. The van der Waals surface area contributed by atoms with Crippen molar-refractivity contribution in [3.8, 4) is 0 Å². The molecule has 0 saturated heterocycles. The Morgan fingerprint density at radius 3 is 2.00 bits per heavy atom. The Balaban J connectivity index is 1.78. The van der Waals surface area contributed by atoms with Gasteiger partial charge < -0.3 is 22.1 Å². The maximum absolute atomic E-state index is 12.7. The molecule has 1 aromatic heterocycles. The molecule has 1 aliphatic carbocycles. The number of fused-ring (bicyclic) bond motifs is 1. The van der Waals surface area contributed by atoms with Crippen LogP contribution in [-0.2, 0) is 19.2 Å². The van der Waals surface area contributed by atoms with Gasteiger partial charge in [-0.1, -0.05) is 12.8 Å². The summed E-state index contributed by atoms with van der Waals surface area (Å²) in [5.74, 6) is -4.59. The van der Waals surface area contributed by atoms with Crippen LogP contribution >= 0.6 is 0 Å². The molecule has 220 valence electrons.